The van der Waals surface area contributed by atoms with Crippen molar-refractivity contribution in [2.24, 2.45) is 5.92 Å². The zero-order chi connectivity index (χ0) is 16.7. The summed E-state index contributed by atoms with van der Waals surface area (Å²) in [6.45, 7) is 7.59. The van der Waals surface area contributed by atoms with E-state index in [9.17, 15) is 19.5 Å². The first-order chi connectivity index (χ1) is 10.4. The minimum absolute atomic E-state index is 0.0777. The normalized spacial score (nSPS) is 20.1. The Morgan fingerprint density at radius 1 is 1.50 bits per heavy atom. The SMILES string of the molecule is C=CCOC(=O)N1CCC[C@H]1C(=O)NC(C(=O)O)C(C)CC. The number of aliphatic carboxylic acids is 1. The van der Waals surface area contributed by atoms with Gasteiger partial charge in [-0.15, -0.1) is 0 Å². The van der Waals surface area contributed by atoms with E-state index in [1.807, 2.05) is 6.92 Å². The molecule has 1 saturated heterocycles. The zero-order valence-electron chi connectivity index (χ0n) is 13.1. The topological polar surface area (TPSA) is 95.9 Å². The molecule has 2 N–H and O–H groups in total. The van der Waals surface area contributed by atoms with Crippen molar-refractivity contribution < 1.29 is 24.2 Å². The summed E-state index contributed by atoms with van der Waals surface area (Å²) >= 11 is 0. The van der Waals surface area contributed by atoms with E-state index in [1.54, 1.807) is 6.92 Å². The fraction of sp³-hybridized carbons (Fsp3) is 0.667. The molecule has 2 unspecified atom stereocenters. The Bertz CT molecular complexity index is 438. The number of nitrogens with one attached hydrogen (secondary N) is 1. The summed E-state index contributed by atoms with van der Waals surface area (Å²) in [7, 11) is 0. The van der Waals surface area contributed by atoms with Crippen molar-refractivity contribution in [3.63, 3.8) is 0 Å². The van der Waals surface area contributed by atoms with Gasteiger partial charge in [0, 0.05) is 6.54 Å². The molecule has 1 fully saturated rings. The zero-order valence-corrected chi connectivity index (χ0v) is 13.1. The summed E-state index contributed by atoms with van der Waals surface area (Å²) in [5.41, 5.74) is 0. The van der Waals surface area contributed by atoms with Gasteiger partial charge in [-0.2, -0.15) is 0 Å². The summed E-state index contributed by atoms with van der Waals surface area (Å²) in [5.74, 6) is -1.70. The van der Waals surface area contributed by atoms with E-state index in [4.69, 9.17) is 4.74 Å². The Kier molecular flexibility index (Phi) is 6.88. The number of ether oxygens (including phenoxy) is 1. The summed E-state index contributed by atoms with van der Waals surface area (Å²) < 4.78 is 4.95. The van der Waals surface area contributed by atoms with Crippen molar-refractivity contribution >= 4 is 18.0 Å². The van der Waals surface area contributed by atoms with Gasteiger partial charge < -0.3 is 15.2 Å². The Labute approximate surface area is 130 Å². The van der Waals surface area contributed by atoms with Crippen molar-refractivity contribution in [2.75, 3.05) is 13.2 Å². The van der Waals surface area contributed by atoms with Crippen LogP contribution in [0.2, 0.25) is 0 Å². The van der Waals surface area contributed by atoms with Crippen LogP contribution in [0.25, 0.3) is 0 Å². The van der Waals surface area contributed by atoms with Crippen LogP contribution in [0.1, 0.15) is 33.1 Å². The first kappa shape index (κ1) is 18.0. The Hall–Kier alpha value is -2.05. The van der Waals surface area contributed by atoms with Crippen LogP contribution in [0, 0.1) is 5.92 Å². The number of amides is 2. The molecular weight excluding hydrogens is 288 g/mol. The summed E-state index contributed by atoms with van der Waals surface area (Å²) in [4.78, 5) is 36.8. The highest BCUT2D eigenvalue weighted by Crippen LogP contribution is 2.19. The lowest BCUT2D eigenvalue weighted by Gasteiger charge is -2.26. The molecule has 0 radical (unpaired) electrons. The largest absolute Gasteiger partial charge is 0.480 e. The van der Waals surface area contributed by atoms with Gasteiger partial charge in [0.25, 0.3) is 0 Å². The molecule has 0 aliphatic carbocycles. The molecular formula is C15H24N2O5. The van der Waals surface area contributed by atoms with Gasteiger partial charge >= 0.3 is 12.1 Å². The lowest BCUT2D eigenvalue weighted by molar-refractivity contribution is -0.144. The third-order valence-corrected chi connectivity index (χ3v) is 3.89. The predicted octanol–water partition coefficient (Wildman–Crippen LogP) is 1.39. The second-order valence-corrected chi connectivity index (χ2v) is 5.43. The molecule has 0 bridgehead atoms. The standard InChI is InChI=1S/C15H24N2O5/c1-4-9-22-15(21)17-8-6-7-11(17)13(18)16-12(14(19)20)10(3)5-2/h4,10-12H,1,5-9H2,2-3H3,(H,16,18)(H,19,20)/t10?,11-,12?/m0/s1. The van der Waals surface area contributed by atoms with E-state index >= 15 is 0 Å². The second-order valence-electron chi connectivity index (χ2n) is 5.43. The average molecular weight is 312 g/mol. The number of hydrogen-bond acceptors (Lipinski definition) is 4. The molecule has 1 aliphatic rings. The number of carbonyl (C=O) groups is 3. The third-order valence-electron chi connectivity index (χ3n) is 3.89. The van der Waals surface area contributed by atoms with Crippen molar-refractivity contribution in [2.45, 2.75) is 45.2 Å². The fourth-order valence-corrected chi connectivity index (χ4v) is 2.40. The number of likely N-dealkylation sites (tertiary alicyclic amines) is 1. The fourth-order valence-electron chi connectivity index (χ4n) is 2.40. The average Bonchev–Trinajstić information content (AvgIpc) is 2.98. The van der Waals surface area contributed by atoms with Gasteiger partial charge in [0.2, 0.25) is 5.91 Å². The first-order valence-electron chi connectivity index (χ1n) is 7.49. The van der Waals surface area contributed by atoms with Gasteiger partial charge in [-0.3, -0.25) is 9.69 Å². The summed E-state index contributed by atoms with van der Waals surface area (Å²) in [6.07, 6.45) is 2.69. The summed E-state index contributed by atoms with van der Waals surface area (Å²) in [6, 6.07) is -1.63. The van der Waals surface area contributed by atoms with Crippen molar-refractivity contribution in [1.29, 1.82) is 0 Å². The number of carbonyl (C=O) groups excluding carboxylic acids is 2. The molecule has 1 rings (SSSR count). The van der Waals surface area contributed by atoms with Gasteiger partial charge in [0.15, 0.2) is 0 Å². The van der Waals surface area contributed by atoms with Gasteiger partial charge in [-0.05, 0) is 18.8 Å². The minimum atomic E-state index is -1.07. The predicted molar refractivity (Wildman–Crippen MR) is 80.3 cm³/mol. The van der Waals surface area contributed by atoms with Crippen LogP contribution in [0.5, 0.6) is 0 Å². The van der Waals surface area contributed by atoms with E-state index in [0.717, 1.165) is 0 Å². The van der Waals surface area contributed by atoms with E-state index in [0.29, 0.717) is 25.8 Å². The minimum Gasteiger partial charge on any atom is -0.480 e. The van der Waals surface area contributed by atoms with Gasteiger partial charge in [0.1, 0.15) is 18.7 Å². The van der Waals surface area contributed by atoms with E-state index in [-0.39, 0.29) is 12.5 Å². The monoisotopic (exact) mass is 312 g/mol. The van der Waals surface area contributed by atoms with E-state index in [1.165, 1.54) is 11.0 Å². The van der Waals surface area contributed by atoms with Crippen LogP contribution < -0.4 is 5.32 Å². The van der Waals surface area contributed by atoms with E-state index < -0.39 is 30.1 Å². The summed E-state index contributed by atoms with van der Waals surface area (Å²) in [5, 5.41) is 11.8. The van der Waals surface area contributed by atoms with Crippen molar-refractivity contribution in [3.8, 4) is 0 Å². The first-order valence-corrected chi connectivity index (χ1v) is 7.49. The molecule has 124 valence electrons. The van der Waals surface area contributed by atoms with Gasteiger partial charge in [-0.25, -0.2) is 9.59 Å². The molecule has 22 heavy (non-hydrogen) atoms. The van der Waals surface area contributed by atoms with Gasteiger partial charge in [-0.1, -0.05) is 32.9 Å². The molecule has 7 nitrogen and oxygen atoms in total. The maximum atomic E-state index is 12.3. The molecule has 7 heteroatoms. The highest BCUT2D eigenvalue weighted by Gasteiger charge is 2.37. The molecule has 0 aromatic carbocycles. The lowest BCUT2D eigenvalue weighted by Crippen LogP contribution is -2.52. The quantitative estimate of drug-likeness (QED) is 0.693. The molecule has 2 amide bonds. The molecule has 0 spiro atoms. The highest BCUT2D eigenvalue weighted by atomic mass is 16.6. The lowest BCUT2D eigenvalue weighted by atomic mass is 9.99. The molecule has 1 heterocycles. The Morgan fingerprint density at radius 3 is 2.73 bits per heavy atom. The number of nitrogens with zero attached hydrogens (tertiary/aromatic N) is 1. The molecule has 0 saturated carbocycles. The highest BCUT2D eigenvalue weighted by molar-refractivity contribution is 5.89. The number of rotatable bonds is 7. The van der Waals surface area contributed by atoms with Crippen LogP contribution in [0.15, 0.2) is 12.7 Å². The maximum absolute atomic E-state index is 12.3. The van der Waals surface area contributed by atoms with Crippen LogP contribution in [-0.2, 0) is 14.3 Å². The number of carboxylic acid groups (broad SMARTS) is 1. The van der Waals surface area contributed by atoms with E-state index in [2.05, 4.69) is 11.9 Å². The number of carboxylic acids is 1. The molecule has 0 aromatic rings. The van der Waals surface area contributed by atoms with Crippen LogP contribution >= 0.6 is 0 Å². The molecule has 1 aliphatic heterocycles. The molecule has 3 atom stereocenters. The second kappa shape index (κ2) is 8.41. The maximum Gasteiger partial charge on any atom is 0.410 e. The molecule has 0 aromatic heterocycles. The van der Waals surface area contributed by atoms with Crippen LogP contribution in [0.3, 0.4) is 0 Å². The third kappa shape index (κ3) is 4.47. The Balaban J connectivity index is 2.71. The van der Waals surface area contributed by atoms with Crippen LogP contribution in [0.4, 0.5) is 4.79 Å². The smallest absolute Gasteiger partial charge is 0.410 e. The van der Waals surface area contributed by atoms with Gasteiger partial charge in [0.05, 0.1) is 0 Å². The number of hydrogen-bond donors (Lipinski definition) is 2. The Morgan fingerprint density at radius 2 is 2.18 bits per heavy atom. The van der Waals surface area contributed by atoms with Crippen molar-refractivity contribution in [3.05, 3.63) is 12.7 Å². The van der Waals surface area contributed by atoms with Crippen LogP contribution in [-0.4, -0.2) is 53.2 Å². The van der Waals surface area contributed by atoms with Crippen molar-refractivity contribution in [1.82, 2.24) is 10.2 Å².